The van der Waals surface area contributed by atoms with Crippen LogP contribution in [0.3, 0.4) is 0 Å². The van der Waals surface area contributed by atoms with Gasteiger partial charge in [0.05, 0.1) is 0 Å². The van der Waals surface area contributed by atoms with E-state index in [1.54, 1.807) is 0 Å². The highest BCUT2D eigenvalue weighted by molar-refractivity contribution is 5.76. The fourth-order valence-corrected chi connectivity index (χ4v) is 1.02. The van der Waals surface area contributed by atoms with Gasteiger partial charge in [-0.1, -0.05) is 26.8 Å². The van der Waals surface area contributed by atoms with Gasteiger partial charge in [-0.2, -0.15) is 0 Å². The number of hydrogen-bond acceptors (Lipinski definition) is 3. The van der Waals surface area contributed by atoms with Gasteiger partial charge in [-0.3, -0.25) is 5.32 Å². The molecule has 0 aromatic rings. The van der Waals surface area contributed by atoms with E-state index in [1.807, 2.05) is 19.9 Å². The lowest BCUT2D eigenvalue weighted by Crippen LogP contribution is -2.40. The molecule has 0 rings (SSSR count). The standard InChI is InChI=1S/C11H22N2O/c1-5-6-10(7-12)11(14)13-9(4)8(2)3/h6-9,11-14H,5H2,1-4H3/b10-6+,12-7?. The minimum Gasteiger partial charge on any atom is -0.374 e. The van der Waals surface area contributed by atoms with Gasteiger partial charge < -0.3 is 10.5 Å². The van der Waals surface area contributed by atoms with E-state index in [2.05, 4.69) is 19.2 Å². The molecule has 0 radical (unpaired) electrons. The summed E-state index contributed by atoms with van der Waals surface area (Å²) >= 11 is 0. The molecule has 3 nitrogen and oxygen atoms in total. The van der Waals surface area contributed by atoms with Crippen molar-refractivity contribution in [3.05, 3.63) is 11.6 Å². The van der Waals surface area contributed by atoms with Crippen molar-refractivity contribution in [2.45, 2.75) is 46.4 Å². The Morgan fingerprint density at radius 2 is 2.00 bits per heavy atom. The minimum absolute atomic E-state index is 0.241. The van der Waals surface area contributed by atoms with Gasteiger partial charge in [0.25, 0.3) is 0 Å². The largest absolute Gasteiger partial charge is 0.374 e. The molecule has 3 heteroatoms. The zero-order chi connectivity index (χ0) is 11.1. The lowest BCUT2D eigenvalue weighted by atomic mass is 10.1. The predicted molar refractivity (Wildman–Crippen MR) is 60.6 cm³/mol. The highest BCUT2D eigenvalue weighted by atomic mass is 16.3. The molecule has 0 aromatic carbocycles. The predicted octanol–water partition coefficient (Wildman–Crippen LogP) is 1.92. The molecule has 0 amide bonds. The maximum atomic E-state index is 9.73. The van der Waals surface area contributed by atoms with E-state index < -0.39 is 6.23 Å². The summed E-state index contributed by atoms with van der Waals surface area (Å²) in [5.74, 6) is 0.471. The van der Waals surface area contributed by atoms with Crippen LogP contribution in [0.2, 0.25) is 0 Å². The van der Waals surface area contributed by atoms with Crippen LogP contribution in [0.4, 0.5) is 0 Å². The van der Waals surface area contributed by atoms with Crippen LogP contribution in [0.5, 0.6) is 0 Å². The van der Waals surface area contributed by atoms with Gasteiger partial charge in [-0.05, 0) is 19.3 Å². The van der Waals surface area contributed by atoms with E-state index >= 15 is 0 Å². The van der Waals surface area contributed by atoms with E-state index in [0.717, 1.165) is 6.42 Å². The van der Waals surface area contributed by atoms with Crippen LogP contribution in [0.25, 0.3) is 0 Å². The number of aliphatic hydroxyl groups excluding tert-OH is 1. The van der Waals surface area contributed by atoms with Crippen LogP contribution in [-0.2, 0) is 0 Å². The summed E-state index contributed by atoms with van der Waals surface area (Å²) in [5.41, 5.74) is 0.639. The molecule has 0 spiro atoms. The topological polar surface area (TPSA) is 56.1 Å². The third kappa shape index (κ3) is 4.53. The van der Waals surface area contributed by atoms with Crippen molar-refractivity contribution in [2.24, 2.45) is 5.92 Å². The second-order valence-electron chi connectivity index (χ2n) is 3.86. The van der Waals surface area contributed by atoms with E-state index in [1.165, 1.54) is 6.21 Å². The SMILES string of the molecule is CC/C=C(\C=N)C(O)NC(C)C(C)C. The molecular weight excluding hydrogens is 176 g/mol. The summed E-state index contributed by atoms with van der Waals surface area (Å²) in [6, 6.07) is 0.241. The number of rotatable bonds is 6. The lowest BCUT2D eigenvalue weighted by molar-refractivity contribution is 0.154. The van der Waals surface area contributed by atoms with Crippen molar-refractivity contribution in [3.8, 4) is 0 Å². The molecule has 3 N–H and O–H groups in total. The van der Waals surface area contributed by atoms with Gasteiger partial charge in [-0.15, -0.1) is 0 Å². The van der Waals surface area contributed by atoms with Gasteiger partial charge in [-0.25, -0.2) is 0 Å². The summed E-state index contributed by atoms with van der Waals surface area (Å²) < 4.78 is 0. The van der Waals surface area contributed by atoms with Gasteiger partial charge in [0.1, 0.15) is 6.23 Å². The Morgan fingerprint density at radius 3 is 2.36 bits per heavy atom. The van der Waals surface area contributed by atoms with Crippen molar-refractivity contribution in [3.63, 3.8) is 0 Å². The first-order chi connectivity index (χ1) is 6.52. The van der Waals surface area contributed by atoms with Crippen LogP contribution >= 0.6 is 0 Å². The average Bonchev–Trinajstić information content (AvgIpc) is 2.13. The number of allylic oxidation sites excluding steroid dienone is 1. The molecule has 0 saturated heterocycles. The Balaban J connectivity index is 4.24. The first kappa shape index (κ1) is 13.3. The Morgan fingerprint density at radius 1 is 1.43 bits per heavy atom. The molecule has 0 aliphatic carbocycles. The first-order valence-electron chi connectivity index (χ1n) is 5.17. The van der Waals surface area contributed by atoms with E-state index in [0.29, 0.717) is 11.5 Å². The molecule has 82 valence electrons. The molecule has 0 fully saturated rings. The zero-order valence-corrected chi connectivity index (χ0v) is 9.54. The summed E-state index contributed by atoms with van der Waals surface area (Å²) in [4.78, 5) is 0. The summed E-state index contributed by atoms with van der Waals surface area (Å²) in [7, 11) is 0. The molecule has 0 saturated carbocycles. The second kappa shape index (κ2) is 6.74. The fraction of sp³-hybridized carbons (Fsp3) is 0.727. The summed E-state index contributed by atoms with van der Waals surface area (Å²) in [5, 5.41) is 19.9. The Labute approximate surface area is 86.7 Å². The van der Waals surface area contributed by atoms with Crippen molar-refractivity contribution in [2.75, 3.05) is 0 Å². The molecule has 0 heterocycles. The normalized spacial score (nSPS) is 16.9. The maximum Gasteiger partial charge on any atom is 0.132 e. The van der Waals surface area contributed by atoms with Gasteiger partial charge in [0.15, 0.2) is 0 Å². The van der Waals surface area contributed by atoms with Crippen LogP contribution in [-0.4, -0.2) is 23.6 Å². The number of hydrogen-bond donors (Lipinski definition) is 3. The molecule has 2 unspecified atom stereocenters. The van der Waals surface area contributed by atoms with Crippen LogP contribution < -0.4 is 5.32 Å². The van der Waals surface area contributed by atoms with Crippen molar-refractivity contribution < 1.29 is 5.11 Å². The average molecular weight is 198 g/mol. The second-order valence-corrected chi connectivity index (χ2v) is 3.86. The van der Waals surface area contributed by atoms with Crippen molar-refractivity contribution in [1.29, 1.82) is 5.41 Å². The van der Waals surface area contributed by atoms with Crippen molar-refractivity contribution >= 4 is 6.21 Å². The molecule has 0 aliphatic heterocycles. The smallest absolute Gasteiger partial charge is 0.132 e. The minimum atomic E-state index is -0.718. The molecule has 14 heavy (non-hydrogen) atoms. The highest BCUT2D eigenvalue weighted by Crippen LogP contribution is 2.04. The maximum absolute atomic E-state index is 9.73. The molecule has 0 aliphatic rings. The Hall–Kier alpha value is -0.670. The third-order valence-electron chi connectivity index (χ3n) is 2.34. The first-order valence-corrected chi connectivity index (χ1v) is 5.17. The molecule has 0 bridgehead atoms. The fourth-order valence-electron chi connectivity index (χ4n) is 1.02. The van der Waals surface area contributed by atoms with Crippen LogP contribution in [0.15, 0.2) is 11.6 Å². The van der Waals surface area contributed by atoms with Crippen LogP contribution in [0.1, 0.15) is 34.1 Å². The quantitative estimate of drug-likeness (QED) is 0.451. The zero-order valence-electron chi connectivity index (χ0n) is 9.54. The number of nitrogens with one attached hydrogen (secondary N) is 2. The molecule has 0 aromatic heterocycles. The summed E-state index contributed by atoms with van der Waals surface area (Å²) in [6.45, 7) is 8.21. The van der Waals surface area contributed by atoms with E-state index in [9.17, 15) is 5.11 Å². The Bertz CT molecular complexity index is 199. The van der Waals surface area contributed by atoms with Crippen LogP contribution in [0, 0.1) is 11.3 Å². The van der Waals surface area contributed by atoms with E-state index in [-0.39, 0.29) is 6.04 Å². The Kier molecular flexibility index (Phi) is 6.41. The number of aliphatic hydroxyl groups is 1. The molecule has 2 atom stereocenters. The highest BCUT2D eigenvalue weighted by Gasteiger charge is 2.13. The monoisotopic (exact) mass is 198 g/mol. The third-order valence-corrected chi connectivity index (χ3v) is 2.34. The van der Waals surface area contributed by atoms with Gasteiger partial charge in [0, 0.05) is 17.8 Å². The van der Waals surface area contributed by atoms with Gasteiger partial charge >= 0.3 is 0 Å². The lowest BCUT2D eigenvalue weighted by Gasteiger charge is -2.22. The molecular formula is C11H22N2O. The van der Waals surface area contributed by atoms with Gasteiger partial charge in [0.2, 0.25) is 0 Å². The van der Waals surface area contributed by atoms with E-state index in [4.69, 9.17) is 5.41 Å². The summed E-state index contributed by atoms with van der Waals surface area (Å²) in [6.07, 6.45) is 3.18. The van der Waals surface area contributed by atoms with Crippen molar-refractivity contribution in [1.82, 2.24) is 5.32 Å².